The first-order valence-corrected chi connectivity index (χ1v) is 6.37. The van der Waals surface area contributed by atoms with Gasteiger partial charge >= 0.3 is 0 Å². The van der Waals surface area contributed by atoms with Crippen LogP contribution in [0.2, 0.25) is 0 Å². The van der Waals surface area contributed by atoms with Crippen LogP contribution < -0.4 is 10.6 Å². The van der Waals surface area contributed by atoms with E-state index in [1.165, 1.54) is 0 Å². The average molecular weight is 295 g/mol. The van der Waals surface area contributed by atoms with Crippen molar-refractivity contribution in [1.82, 2.24) is 14.8 Å². The molecule has 0 unspecified atom stereocenters. The van der Waals surface area contributed by atoms with E-state index in [1.807, 2.05) is 4.57 Å². The number of thiocarbonyl (C=S) groups is 1. The first-order chi connectivity index (χ1) is 9.56. The topological polar surface area (TPSA) is 60.0 Å². The van der Waals surface area contributed by atoms with Crippen molar-refractivity contribution in [3.63, 3.8) is 0 Å². The van der Waals surface area contributed by atoms with E-state index in [-0.39, 0.29) is 16.2 Å². The molecule has 0 atom stereocenters. The van der Waals surface area contributed by atoms with Gasteiger partial charge in [0.1, 0.15) is 28.6 Å². The van der Waals surface area contributed by atoms with Crippen molar-refractivity contribution in [2.45, 2.75) is 13.1 Å². The number of aromatic nitrogens is 3. The van der Waals surface area contributed by atoms with Crippen LogP contribution in [0, 0.1) is 11.6 Å². The molecule has 2 aromatic rings. The lowest BCUT2D eigenvalue weighted by atomic mass is 10.1. The van der Waals surface area contributed by atoms with E-state index in [0.717, 1.165) is 12.1 Å². The zero-order chi connectivity index (χ0) is 14.3. The summed E-state index contributed by atoms with van der Waals surface area (Å²) in [7, 11) is 0. The number of hydrogen-bond donors (Lipinski definition) is 1. The van der Waals surface area contributed by atoms with Gasteiger partial charge in [-0.2, -0.15) is 0 Å². The predicted octanol–water partition coefficient (Wildman–Crippen LogP) is 1.21. The number of hydrogen-bond acceptors (Lipinski definition) is 4. The van der Waals surface area contributed by atoms with Crippen molar-refractivity contribution in [2.24, 2.45) is 5.73 Å². The highest BCUT2D eigenvalue weighted by Crippen LogP contribution is 2.27. The van der Waals surface area contributed by atoms with E-state index < -0.39 is 11.6 Å². The van der Waals surface area contributed by atoms with Crippen LogP contribution in [0.4, 0.5) is 14.5 Å². The van der Waals surface area contributed by atoms with Crippen LogP contribution in [0.15, 0.2) is 18.5 Å². The normalized spacial score (nSPS) is 14.2. The van der Waals surface area contributed by atoms with E-state index >= 15 is 0 Å². The van der Waals surface area contributed by atoms with Gasteiger partial charge in [-0.15, -0.1) is 10.2 Å². The first-order valence-electron chi connectivity index (χ1n) is 5.96. The first kappa shape index (κ1) is 12.9. The van der Waals surface area contributed by atoms with Gasteiger partial charge in [-0.05, 0) is 12.1 Å². The fourth-order valence-corrected chi connectivity index (χ4v) is 2.38. The second-order valence-electron chi connectivity index (χ2n) is 4.51. The highest BCUT2D eigenvalue weighted by atomic mass is 32.1. The summed E-state index contributed by atoms with van der Waals surface area (Å²) < 4.78 is 30.1. The molecule has 0 bridgehead atoms. The molecule has 1 aromatic carbocycles. The summed E-state index contributed by atoms with van der Waals surface area (Å²) in [5.41, 5.74) is 5.49. The molecule has 0 saturated carbocycles. The maximum Gasteiger partial charge on any atom is 0.152 e. The number of nitrogens with zero attached hydrogens (tertiary/aromatic N) is 4. The lowest BCUT2D eigenvalue weighted by molar-refractivity contribution is 0.522. The molecular weight excluding hydrogens is 284 g/mol. The standard InChI is InChI=1S/C12H11F2N5S/c13-8-3-7(12(15)20)4-9(14)11(8)18-1-2-19-6-16-17-10(19)5-18/h3-4,6H,1-2,5H2,(H2,15,20). The van der Waals surface area contributed by atoms with Crippen molar-refractivity contribution in [1.29, 1.82) is 0 Å². The Kier molecular flexibility index (Phi) is 3.09. The van der Waals surface area contributed by atoms with Crippen LogP contribution in [-0.4, -0.2) is 26.3 Å². The molecular formula is C12H11F2N5S. The third-order valence-corrected chi connectivity index (χ3v) is 3.49. The van der Waals surface area contributed by atoms with E-state index in [0.29, 0.717) is 25.5 Å². The molecule has 2 heterocycles. The molecule has 104 valence electrons. The van der Waals surface area contributed by atoms with Crippen LogP contribution >= 0.6 is 12.2 Å². The minimum atomic E-state index is -0.680. The van der Waals surface area contributed by atoms with E-state index in [1.54, 1.807) is 11.2 Å². The summed E-state index contributed by atoms with van der Waals surface area (Å²) in [6.07, 6.45) is 1.61. The lowest BCUT2D eigenvalue weighted by Crippen LogP contribution is -2.35. The van der Waals surface area contributed by atoms with Crippen LogP contribution in [0.3, 0.4) is 0 Å². The van der Waals surface area contributed by atoms with Gasteiger partial charge in [0.05, 0.1) is 6.54 Å². The SMILES string of the molecule is NC(=S)c1cc(F)c(N2CCn3cnnc3C2)c(F)c1. The number of fused-ring (bicyclic) bond motifs is 1. The molecule has 1 aliphatic rings. The van der Waals surface area contributed by atoms with Gasteiger partial charge in [0, 0.05) is 18.7 Å². The molecule has 0 aliphatic carbocycles. The largest absolute Gasteiger partial charge is 0.389 e. The van der Waals surface area contributed by atoms with Gasteiger partial charge in [0.15, 0.2) is 5.82 Å². The summed E-state index contributed by atoms with van der Waals surface area (Å²) in [5, 5.41) is 7.70. The van der Waals surface area contributed by atoms with Crippen LogP contribution in [0.25, 0.3) is 0 Å². The average Bonchev–Trinajstić information content (AvgIpc) is 2.85. The minimum Gasteiger partial charge on any atom is -0.389 e. The Hall–Kier alpha value is -2.09. The fourth-order valence-electron chi connectivity index (χ4n) is 2.27. The van der Waals surface area contributed by atoms with Gasteiger partial charge in [-0.25, -0.2) is 8.78 Å². The smallest absolute Gasteiger partial charge is 0.152 e. The molecule has 1 aromatic heterocycles. The molecule has 8 heteroatoms. The molecule has 0 radical (unpaired) electrons. The van der Waals surface area contributed by atoms with E-state index in [4.69, 9.17) is 18.0 Å². The Labute approximate surface area is 119 Å². The number of benzene rings is 1. The summed E-state index contributed by atoms with van der Waals surface area (Å²) in [6.45, 7) is 1.36. The van der Waals surface area contributed by atoms with E-state index in [9.17, 15) is 8.78 Å². The van der Waals surface area contributed by atoms with Gasteiger partial charge in [-0.3, -0.25) is 0 Å². The van der Waals surface area contributed by atoms with Crippen molar-refractivity contribution in [3.8, 4) is 0 Å². The maximum absolute atomic E-state index is 14.1. The van der Waals surface area contributed by atoms with Gasteiger partial charge in [-0.1, -0.05) is 12.2 Å². The Bertz CT molecular complexity index is 661. The van der Waals surface area contributed by atoms with Gasteiger partial charge in [0.25, 0.3) is 0 Å². The van der Waals surface area contributed by atoms with Crippen LogP contribution in [0.1, 0.15) is 11.4 Å². The van der Waals surface area contributed by atoms with E-state index in [2.05, 4.69) is 10.2 Å². The Morgan fingerprint density at radius 3 is 2.60 bits per heavy atom. The Morgan fingerprint density at radius 1 is 1.25 bits per heavy atom. The summed E-state index contributed by atoms with van der Waals surface area (Å²) in [5.74, 6) is -0.685. The maximum atomic E-state index is 14.1. The summed E-state index contributed by atoms with van der Waals surface area (Å²) >= 11 is 4.73. The second-order valence-corrected chi connectivity index (χ2v) is 4.95. The van der Waals surface area contributed by atoms with Crippen molar-refractivity contribution in [3.05, 3.63) is 41.5 Å². The van der Waals surface area contributed by atoms with Crippen molar-refractivity contribution < 1.29 is 8.78 Å². The van der Waals surface area contributed by atoms with Crippen LogP contribution in [-0.2, 0) is 13.1 Å². The van der Waals surface area contributed by atoms with Crippen LogP contribution in [0.5, 0.6) is 0 Å². The molecule has 0 saturated heterocycles. The molecule has 5 nitrogen and oxygen atoms in total. The third-order valence-electron chi connectivity index (χ3n) is 3.26. The number of rotatable bonds is 2. The Morgan fingerprint density at radius 2 is 1.95 bits per heavy atom. The molecule has 0 amide bonds. The number of nitrogens with two attached hydrogens (primary N) is 1. The monoisotopic (exact) mass is 295 g/mol. The zero-order valence-electron chi connectivity index (χ0n) is 10.4. The highest BCUT2D eigenvalue weighted by Gasteiger charge is 2.23. The molecule has 3 rings (SSSR count). The molecule has 0 fully saturated rings. The molecule has 2 N–H and O–H groups in total. The Balaban J connectivity index is 1.97. The minimum absolute atomic E-state index is 0.0345. The van der Waals surface area contributed by atoms with Gasteiger partial charge in [0.2, 0.25) is 0 Å². The molecule has 20 heavy (non-hydrogen) atoms. The molecule has 1 aliphatic heterocycles. The van der Waals surface area contributed by atoms with Crippen molar-refractivity contribution in [2.75, 3.05) is 11.4 Å². The third kappa shape index (κ3) is 2.11. The molecule has 0 spiro atoms. The number of halogens is 2. The summed E-state index contributed by atoms with van der Waals surface area (Å²) in [6, 6.07) is 2.31. The lowest BCUT2D eigenvalue weighted by Gasteiger charge is -2.29. The summed E-state index contributed by atoms with van der Waals surface area (Å²) in [4.78, 5) is 1.56. The predicted molar refractivity (Wildman–Crippen MR) is 73.3 cm³/mol. The highest BCUT2D eigenvalue weighted by molar-refractivity contribution is 7.80. The quantitative estimate of drug-likeness (QED) is 0.844. The second kappa shape index (κ2) is 4.78. The fraction of sp³-hybridized carbons (Fsp3) is 0.250. The number of anilines is 1. The van der Waals surface area contributed by atoms with Gasteiger partial charge < -0.3 is 15.2 Å². The zero-order valence-corrected chi connectivity index (χ0v) is 11.2. The van der Waals surface area contributed by atoms with Crippen molar-refractivity contribution >= 4 is 22.9 Å².